The second kappa shape index (κ2) is 10.3. The average molecular weight is 462 g/mol. The van der Waals surface area contributed by atoms with Gasteiger partial charge in [-0.05, 0) is 56.5 Å². The molecule has 0 unspecified atom stereocenters. The number of aryl methyl sites for hydroxylation is 3. The Labute approximate surface area is 200 Å². The van der Waals surface area contributed by atoms with E-state index in [0.717, 1.165) is 48.3 Å². The Balaban J connectivity index is 1.38. The number of thioether (sulfide) groups is 1. The lowest BCUT2D eigenvalue weighted by atomic mass is 10.1. The number of carbonyl (C=O) groups is 1. The summed E-state index contributed by atoms with van der Waals surface area (Å²) in [4.78, 5) is 26.4. The molecule has 2 aromatic carbocycles. The van der Waals surface area contributed by atoms with Crippen LogP contribution in [0.1, 0.15) is 22.3 Å². The van der Waals surface area contributed by atoms with Crippen LogP contribution >= 0.6 is 11.8 Å². The molecule has 0 radical (unpaired) electrons. The molecule has 3 aromatic rings. The van der Waals surface area contributed by atoms with Gasteiger partial charge in [-0.3, -0.25) is 4.79 Å². The number of carbonyl (C=O) groups excluding carboxylic acids is 1. The second-order valence-corrected chi connectivity index (χ2v) is 9.50. The highest BCUT2D eigenvalue weighted by Crippen LogP contribution is 2.29. The lowest BCUT2D eigenvalue weighted by molar-refractivity contribution is -0.113. The van der Waals surface area contributed by atoms with E-state index in [-0.39, 0.29) is 5.91 Å². The summed E-state index contributed by atoms with van der Waals surface area (Å²) >= 11 is 1.44. The molecule has 1 aliphatic heterocycles. The van der Waals surface area contributed by atoms with Gasteiger partial charge in [0.1, 0.15) is 5.03 Å². The van der Waals surface area contributed by atoms with E-state index in [1.807, 2.05) is 26.0 Å². The number of rotatable bonds is 6. The number of nitrogens with zero attached hydrogens (tertiary/aromatic N) is 4. The Morgan fingerprint density at radius 3 is 2.42 bits per heavy atom. The highest BCUT2D eigenvalue weighted by Gasteiger charge is 2.22. The van der Waals surface area contributed by atoms with Crippen molar-refractivity contribution in [3.05, 3.63) is 71.0 Å². The molecule has 2 heterocycles. The molecule has 7 heteroatoms. The summed E-state index contributed by atoms with van der Waals surface area (Å²) in [5.74, 6) is 1.12. The first-order valence-electron chi connectivity index (χ1n) is 11.3. The molecule has 1 fully saturated rings. The van der Waals surface area contributed by atoms with Crippen LogP contribution in [0.15, 0.2) is 53.8 Å². The monoisotopic (exact) mass is 461 g/mol. The number of hydrogen-bond acceptors (Lipinski definition) is 6. The third kappa shape index (κ3) is 5.47. The van der Waals surface area contributed by atoms with E-state index in [4.69, 9.17) is 0 Å². The summed E-state index contributed by atoms with van der Waals surface area (Å²) in [7, 11) is 0. The van der Waals surface area contributed by atoms with Crippen LogP contribution in [0.2, 0.25) is 0 Å². The summed E-state index contributed by atoms with van der Waals surface area (Å²) in [6.07, 6.45) is 3.42. The SMILES string of the molecule is Cc1ccc(NC(=O)CSc2nccnc2N2CCN(c3cccc(C)c3C)CC2)c(C)c1. The van der Waals surface area contributed by atoms with Gasteiger partial charge in [0.15, 0.2) is 5.82 Å². The molecule has 1 saturated heterocycles. The average Bonchev–Trinajstić information content (AvgIpc) is 2.82. The van der Waals surface area contributed by atoms with Gasteiger partial charge >= 0.3 is 0 Å². The predicted molar refractivity (Wildman–Crippen MR) is 138 cm³/mol. The molecular formula is C26H31N5OS. The number of anilines is 3. The molecule has 4 rings (SSSR count). The fourth-order valence-electron chi connectivity index (χ4n) is 4.15. The van der Waals surface area contributed by atoms with Gasteiger partial charge in [-0.1, -0.05) is 41.6 Å². The second-order valence-electron chi connectivity index (χ2n) is 8.53. The van der Waals surface area contributed by atoms with E-state index < -0.39 is 0 Å². The summed E-state index contributed by atoms with van der Waals surface area (Å²) in [6.45, 7) is 12.0. The molecule has 0 spiro atoms. The number of benzene rings is 2. The summed E-state index contributed by atoms with van der Waals surface area (Å²) in [5.41, 5.74) is 7.08. The maximum absolute atomic E-state index is 12.6. The number of nitrogens with one attached hydrogen (secondary N) is 1. The number of piperazine rings is 1. The molecule has 0 saturated carbocycles. The van der Waals surface area contributed by atoms with Crippen molar-refractivity contribution in [1.82, 2.24) is 9.97 Å². The van der Waals surface area contributed by atoms with Gasteiger partial charge in [0.2, 0.25) is 5.91 Å². The molecular weight excluding hydrogens is 430 g/mol. The van der Waals surface area contributed by atoms with E-state index >= 15 is 0 Å². The van der Waals surface area contributed by atoms with Crippen LogP contribution in [-0.4, -0.2) is 47.8 Å². The van der Waals surface area contributed by atoms with Crippen molar-refractivity contribution < 1.29 is 4.79 Å². The van der Waals surface area contributed by atoms with Crippen LogP contribution in [0.5, 0.6) is 0 Å². The minimum atomic E-state index is -0.0386. The first kappa shape index (κ1) is 23.1. The molecule has 1 N–H and O–H groups in total. The Morgan fingerprint density at radius 2 is 1.67 bits per heavy atom. The van der Waals surface area contributed by atoms with Crippen LogP contribution in [0, 0.1) is 27.7 Å². The molecule has 33 heavy (non-hydrogen) atoms. The van der Waals surface area contributed by atoms with Crippen LogP contribution in [0.4, 0.5) is 17.2 Å². The summed E-state index contributed by atoms with van der Waals surface area (Å²) in [6, 6.07) is 12.5. The van der Waals surface area contributed by atoms with Crippen molar-refractivity contribution in [2.75, 3.05) is 47.0 Å². The van der Waals surface area contributed by atoms with Crippen LogP contribution in [-0.2, 0) is 4.79 Å². The van der Waals surface area contributed by atoms with Gasteiger partial charge in [-0.25, -0.2) is 9.97 Å². The van der Waals surface area contributed by atoms with E-state index in [1.54, 1.807) is 12.4 Å². The van der Waals surface area contributed by atoms with Crippen molar-refractivity contribution in [2.45, 2.75) is 32.7 Å². The normalized spacial score (nSPS) is 13.8. The van der Waals surface area contributed by atoms with Gasteiger partial charge in [0.25, 0.3) is 0 Å². The van der Waals surface area contributed by atoms with Gasteiger partial charge in [0.05, 0.1) is 5.75 Å². The minimum Gasteiger partial charge on any atom is -0.368 e. The molecule has 0 aliphatic carbocycles. The Hall–Kier alpha value is -3.06. The van der Waals surface area contributed by atoms with Crippen molar-refractivity contribution in [3.63, 3.8) is 0 Å². The molecule has 1 aromatic heterocycles. The van der Waals surface area contributed by atoms with E-state index in [1.165, 1.54) is 34.1 Å². The standard InChI is InChI=1S/C26H31N5OS/c1-18-8-9-22(20(3)16-18)29-24(32)17-33-26-25(27-10-11-28-26)31-14-12-30(13-15-31)23-7-5-6-19(2)21(23)4/h5-11,16H,12-15,17H2,1-4H3,(H,29,32). The Bertz CT molecular complexity index is 1140. The van der Waals surface area contributed by atoms with Crippen LogP contribution < -0.4 is 15.1 Å². The molecule has 6 nitrogen and oxygen atoms in total. The quantitative estimate of drug-likeness (QED) is 0.534. The summed E-state index contributed by atoms with van der Waals surface area (Å²) < 4.78 is 0. The molecule has 0 bridgehead atoms. The van der Waals surface area contributed by atoms with Crippen molar-refractivity contribution in [2.24, 2.45) is 0 Å². The zero-order chi connectivity index (χ0) is 23.4. The van der Waals surface area contributed by atoms with Crippen LogP contribution in [0.3, 0.4) is 0 Å². The van der Waals surface area contributed by atoms with Crippen molar-refractivity contribution in [1.29, 1.82) is 0 Å². The number of amides is 1. The highest BCUT2D eigenvalue weighted by molar-refractivity contribution is 8.00. The maximum Gasteiger partial charge on any atom is 0.234 e. The summed E-state index contributed by atoms with van der Waals surface area (Å²) in [5, 5.41) is 3.81. The molecule has 172 valence electrons. The molecule has 1 amide bonds. The van der Waals surface area contributed by atoms with Gasteiger partial charge < -0.3 is 15.1 Å². The van der Waals surface area contributed by atoms with Crippen molar-refractivity contribution >= 4 is 34.9 Å². The highest BCUT2D eigenvalue weighted by atomic mass is 32.2. The van der Waals surface area contributed by atoms with Crippen molar-refractivity contribution in [3.8, 4) is 0 Å². The number of aromatic nitrogens is 2. The first-order valence-corrected chi connectivity index (χ1v) is 12.3. The fourth-order valence-corrected chi connectivity index (χ4v) is 4.93. The zero-order valence-corrected chi connectivity index (χ0v) is 20.6. The Morgan fingerprint density at radius 1 is 0.939 bits per heavy atom. The minimum absolute atomic E-state index is 0.0386. The third-order valence-corrected chi connectivity index (χ3v) is 7.11. The Kier molecular flexibility index (Phi) is 7.18. The predicted octanol–water partition coefficient (Wildman–Crippen LogP) is 4.77. The molecule has 0 atom stereocenters. The topological polar surface area (TPSA) is 61.4 Å². The van der Waals surface area contributed by atoms with E-state index in [2.05, 4.69) is 63.2 Å². The van der Waals surface area contributed by atoms with Crippen LogP contribution in [0.25, 0.3) is 0 Å². The van der Waals surface area contributed by atoms with Gasteiger partial charge in [-0.15, -0.1) is 0 Å². The molecule has 1 aliphatic rings. The van der Waals surface area contributed by atoms with E-state index in [0.29, 0.717) is 5.75 Å². The van der Waals surface area contributed by atoms with Gasteiger partial charge in [-0.2, -0.15) is 0 Å². The number of hydrogen-bond donors (Lipinski definition) is 1. The maximum atomic E-state index is 12.6. The zero-order valence-electron chi connectivity index (χ0n) is 19.8. The fraction of sp³-hybridized carbons (Fsp3) is 0.346. The largest absolute Gasteiger partial charge is 0.368 e. The lowest BCUT2D eigenvalue weighted by Gasteiger charge is -2.37. The smallest absolute Gasteiger partial charge is 0.234 e. The van der Waals surface area contributed by atoms with E-state index in [9.17, 15) is 4.79 Å². The lowest BCUT2D eigenvalue weighted by Crippen LogP contribution is -2.47. The third-order valence-electron chi connectivity index (χ3n) is 6.14. The first-order chi connectivity index (χ1) is 15.9. The van der Waals surface area contributed by atoms with Gasteiger partial charge in [0, 0.05) is 49.9 Å².